The molecule has 1 rings (SSSR count). The number of carbonyl (C=O) groups excluding carboxylic acids is 1. The Morgan fingerprint density at radius 1 is 1.29 bits per heavy atom. The third-order valence-electron chi connectivity index (χ3n) is 3.69. The van der Waals surface area contributed by atoms with Crippen LogP contribution in [0.2, 0.25) is 0 Å². The maximum atomic E-state index is 12.1. The summed E-state index contributed by atoms with van der Waals surface area (Å²) in [6.07, 6.45) is 4.95. The van der Waals surface area contributed by atoms with Crippen LogP contribution in [0.5, 0.6) is 0 Å². The van der Waals surface area contributed by atoms with Crippen molar-refractivity contribution in [2.75, 3.05) is 26.2 Å². The van der Waals surface area contributed by atoms with E-state index < -0.39 is 5.97 Å². The van der Waals surface area contributed by atoms with E-state index in [1.165, 1.54) is 0 Å². The third kappa shape index (κ3) is 5.23. The molecule has 0 saturated heterocycles. The van der Waals surface area contributed by atoms with Gasteiger partial charge in [0.15, 0.2) is 0 Å². The average molecular weight is 295 g/mol. The van der Waals surface area contributed by atoms with Crippen LogP contribution >= 0.6 is 0 Å². The Morgan fingerprint density at radius 3 is 2.29 bits per heavy atom. The quantitative estimate of drug-likeness (QED) is 0.629. The highest BCUT2D eigenvalue weighted by Gasteiger charge is 2.35. The van der Waals surface area contributed by atoms with E-state index in [2.05, 4.69) is 18.5 Å². The molecule has 2 N–H and O–H groups in total. The highest BCUT2D eigenvalue weighted by Crippen LogP contribution is 2.25. The molecule has 0 aromatic carbocycles. The summed E-state index contributed by atoms with van der Waals surface area (Å²) in [6.45, 7) is 10.9. The molecule has 0 atom stereocenters. The van der Waals surface area contributed by atoms with Gasteiger partial charge in [-0.1, -0.05) is 19.1 Å². The first-order valence-corrected chi connectivity index (χ1v) is 7.24. The lowest BCUT2D eigenvalue weighted by Gasteiger charge is -2.42. The fraction of sp³-hybridized carbons (Fsp3) is 0.600. The molecule has 0 aromatic heterocycles. The molecule has 6 heteroatoms. The van der Waals surface area contributed by atoms with Crippen LogP contribution in [0, 0.1) is 0 Å². The molecule has 21 heavy (non-hydrogen) atoms. The Kier molecular flexibility index (Phi) is 6.94. The number of likely N-dealkylation sites (N-methyl/N-ethyl adjacent to an activating group) is 1. The van der Waals surface area contributed by atoms with Gasteiger partial charge in [-0.3, -0.25) is 9.69 Å². The van der Waals surface area contributed by atoms with E-state index in [1.54, 1.807) is 17.1 Å². The van der Waals surface area contributed by atoms with Gasteiger partial charge in [-0.15, -0.1) is 13.2 Å². The molecule has 6 nitrogen and oxygen atoms in total. The molecule has 1 aliphatic carbocycles. The normalized spacial score (nSPS) is 20.5. The molecule has 2 amide bonds. The van der Waals surface area contributed by atoms with Gasteiger partial charge >= 0.3 is 12.0 Å². The van der Waals surface area contributed by atoms with Crippen LogP contribution in [0.3, 0.4) is 0 Å². The summed E-state index contributed by atoms with van der Waals surface area (Å²) in [6, 6.07) is 0.227. The maximum Gasteiger partial charge on any atom is 0.318 e. The van der Waals surface area contributed by atoms with Crippen molar-refractivity contribution in [2.45, 2.75) is 31.8 Å². The Bertz CT molecular complexity index is 382. The summed E-state index contributed by atoms with van der Waals surface area (Å²) in [5, 5.41) is 11.8. The molecule has 0 spiro atoms. The van der Waals surface area contributed by atoms with Gasteiger partial charge in [-0.05, 0) is 19.4 Å². The van der Waals surface area contributed by atoms with Crippen molar-refractivity contribution in [3.05, 3.63) is 25.3 Å². The minimum atomic E-state index is -0.813. The number of carboxylic acids is 1. The molecule has 0 unspecified atom stereocenters. The molecule has 1 aliphatic rings. The minimum Gasteiger partial charge on any atom is -0.480 e. The summed E-state index contributed by atoms with van der Waals surface area (Å²) >= 11 is 0. The van der Waals surface area contributed by atoms with Gasteiger partial charge in [0, 0.05) is 25.2 Å². The van der Waals surface area contributed by atoms with Gasteiger partial charge in [-0.25, -0.2) is 4.79 Å². The van der Waals surface area contributed by atoms with Gasteiger partial charge in [0.05, 0.1) is 6.54 Å². The topological polar surface area (TPSA) is 72.9 Å². The van der Waals surface area contributed by atoms with Crippen molar-refractivity contribution in [1.82, 2.24) is 15.1 Å². The fourth-order valence-electron chi connectivity index (χ4n) is 2.49. The first kappa shape index (κ1) is 17.2. The van der Waals surface area contributed by atoms with Gasteiger partial charge in [0.25, 0.3) is 0 Å². The summed E-state index contributed by atoms with van der Waals surface area (Å²) in [4.78, 5) is 26.4. The Labute approximate surface area is 126 Å². The zero-order valence-electron chi connectivity index (χ0n) is 12.6. The Morgan fingerprint density at radius 2 is 1.86 bits per heavy atom. The van der Waals surface area contributed by atoms with E-state index in [0.717, 1.165) is 12.8 Å². The smallest absolute Gasteiger partial charge is 0.318 e. The van der Waals surface area contributed by atoms with Gasteiger partial charge in [-0.2, -0.15) is 0 Å². The molecule has 0 heterocycles. The molecular formula is C15H25N3O3. The molecule has 0 aliphatic heterocycles. The number of urea groups is 1. The predicted molar refractivity (Wildman–Crippen MR) is 82.2 cm³/mol. The second kappa shape index (κ2) is 8.46. The fourth-order valence-corrected chi connectivity index (χ4v) is 2.49. The van der Waals surface area contributed by atoms with Crippen molar-refractivity contribution < 1.29 is 14.7 Å². The largest absolute Gasteiger partial charge is 0.480 e. The molecular weight excluding hydrogens is 270 g/mol. The average Bonchev–Trinajstić information content (AvgIpc) is 2.39. The standard InChI is InChI=1S/C15H25N3O3/c1-4-7-18(8-5-2)15(21)16-12-9-13(10-12)17(6-3)11-14(19)20/h4-5,12-13H,1-2,6-11H2,3H3,(H,16,21)(H,19,20). The summed E-state index contributed by atoms with van der Waals surface area (Å²) in [7, 11) is 0. The van der Waals surface area contributed by atoms with E-state index in [4.69, 9.17) is 5.11 Å². The molecule has 1 fully saturated rings. The SMILES string of the molecule is C=CCN(CC=C)C(=O)NC1CC(N(CC)CC(=O)O)C1. The van der Waals surface area contributed by atoms with Crippen LogP contribution in [0.1, 0.15) is 19.8 Å². The first-order valence-electron chi connectivity index (χ1n) is 7.24. The third-order valence-corrected chi connectivity index (χ3v) is 3.69. The lowest BCUT2D eigenvalue weighted by atomic mass is 9.85. The molecule has 0 bridgehead atoms. The summed E-state index contributed by atoms with van der Waals surface area (Å²) < 4.78 is 0. The number of carbonyl (C=O) groups is 2. The zero-order valence-corrected chi connectivity index (χ0v) is 12.6. The highest BCUT2D eigenvalue weighted by atomic mass is 16.4. The van der Waals surface area contributed by atoms with Crippen LogP contribution in [-0.4, -0.2) is 65.2 Å². The number of aliphatic carboxylic acids is 1. The lowest BCUT2D eigenvalue weighted by Crippen LogP contribution is -2.56. The van der Waals surface area contributed by atoms with Gasteiger partial charge in [0.2, 0.25) is 0 Å². The second-order valence-corrected chi connectivity index (χ2v) is 5.21. The minimum absolute atomic E-state index is 0.0564. The number of nitrogens with one attached hydrogen (secondary N) is 1. The van der Waals surface area contributed by atoms with E-state index in [0.29, 0.717) is 19.6 Å². The zero-order chi connectivity index (χ0) is 15.8. The van der Waals surface area contributed by atoms with Crippen LogP contribution in [-0.2, 0) is 4.79 Å². The first-order chi connectivity index (χ1) is 10.0. The Balaban J connectivity index is 2.39. The molecule has 0 aromatic rings. The number of carboxylic acid groups (broad SMARTS) is 1. The number of nitrogens with zero attached hydrogens (tertiary/aromatic N) is 2. The van der Waals surface area contributed by atoms with E-state index >= 15 is 0 Å². The molecule has 118 valence electrons. The predicted octanol–water partition coefficient (Wildman–Crippen LogP) is 1.31. The Hall–Kier alpha value is -1.82. The van der Waals surface area contributed by atoms with E-state index in [1.807, 2.05) is 11.8 Å². The molecule has 0 radical (unpaired) electrons. The van der Waals surface area contributed by atoms with Crippen LogP contribution < -0.4 is 5.32 Å². The van der Waals surface area contributed by atoms with Crippen molar-refractivity contribution in [2.24, 2.45) is 0 Å². The van der Waals surface area contributed by atoms with Crippen molar-refractivity contribution in [1.29, 1.82) is 0 Å². The van der Waals surface area contributed by atoms with E-state index in [-0.39, 0.29) is 24.7 Å². The number of rotatable bonds is 9. The monoisotopic (exact) mass is 295 g/mol. The second-order valence-electron chi connectivity index (χ2n) is 5.21. The van der Waals surface area contributed by atoms with Gasteiger partial charge in [0.1, 0.15) is 0 Å². The lowest BCUT2D eigenvalue weighted by molar-refractivity contribution is -0.139. The maximum absolute atomic E-state index is 12.1. The van der Waals surface area contributed by atoms with Gasteiger partial charge < -0.3 is 15.3 Å². The highest BCUT2D eigenvalue weighted by molar-refractivity contribution is 5.75. The number of hydrogen-bond acceptors (Lipinski definition) is 3. The van der Waals surface area contributed by atoms with Crippen LogP contribution in [0.4, 0.5) is 4.79 Å². The van der Waals surface area contributed by atoms with Crippen LogP contribution in [0.25, 0.3) is 0 Å². The summed E-state index contributed by atoms with van der Waals surface area (Å²) in [5.74, 6) is -0.813. The van der Waals surface area contributed by atoms with Crippen molar-refractivity contribution >= 4 is 12.0 Å². The van der Waals surface area contributed by atoms with Crippen LogP contribution in [0.15, 0.2) is 25.3 Å². The van der Waals surface area contributed by atoms with Crippen molar-refractivity contribution in [3.63, 3.8) is 0 Å². The number of amides is 2. The number of hydrogen-bond donors (Lipinski definition) is 2. The summed E-state index contributed by atoms with van der Waals surface area (Å²) in [5.41, 5.74) is 0. The van der Waals surface area contributed by atoms with E-state index in [9.17, 15) is 9.59 Å². The molecule has 1 saturated carbocycles. The van der Waals surface area contributed by atoms with Crippen molar-refractivity contribution in [3.8, 4) is 0 Å².